The van der Waals surface area contributed by atoms with Crippen LogP contribution < -0.4 is 19.5 Å². The van der Waals surface area contributed by atoms with Gasteiger partial charge in [0.15, 0.2) is 11.5 Å². The van der Waals surface area contributed by atoms with Gasteiger partial charge < -0.3 is 19.5 Å². The monoisotopic (exact) mass is 398 g/mol. The molecule has 0 saturated carbocycles. The van der Waals surface area contributed by atoms with Gasteiger partial charge in [-0.25, -0.2) is 0 Å². The second-order valence-electron chi connectivity index (χ2n) is 6.58. The molecule has 0 aliphatic carbocycles. The molecule has 1 atom stereocenters. The molecule has 2 aromatic rings. The van der Waals surface area contributed by atoms with Gasteiger partial charge >= 0.3 is 0 Å². The fraction of sp³-hybridized carbons (Fsp3) is 0.286. The van der Waals surface area contributed by atoms with Crippen molar-refractivity contribution in [2.24, 2.45) is 0 Å². The standard InChI is InChI=1S/C21H22N2O6/c1-11(13-9-16(27-3)18(29-5)17(10-13)28-4)22-19(24)12-6-7-14-15(8-12)21(26)23(2)20(14)25/h6-11H,1-5H3,(H,22,24). The summed E-state index contributed by atoms with van der Waals surface area (Å²) in [4.78, 5) is 37.9. The van der Waals surface area contributed by atoms with E-state index >= 15 is 0 Å². The molecule has 1 heterocycles. The number of hydrogen-bond donors (Lipinski definition) is 1. The van der Waals surface area contributed by atoms with Crippen LogP contribution in [0.3, 0.4) is 0 Å². The molecule has 3 amide bonds. The molecule has 3 rings (SSSR count). The predicted octanol–water partition coefficient (Wildman–Crippen LogP) is 2.43. The zero-order valence-electron chi connectivity index (χ0n) is 16.9. The lowest BCUT2D eigenvalue weighted by atomic mass is 10.0. The quantitative estimate of drug-likeness (QED) is 0.751. The highest BCUT2D eigenvalue weighted by atomic mass is 16.5. The van der Waals surface area contributed by atoms with Gasteiger partial charge in [0.1, 0.15) is 0 Å². The van der Waals surface area contributed by atoms with Crippen LogP contribution in [0.1, 0.15) is 49.6 Å². The zero-order chi connectivity index (χ0) is 21.3. The zero-order valence-corrected chi connectivity index (χ0v) is 16.9. The Bertz CT molecular complexity index is 976. The number of nitrogens with one attached hydrogen (secondary N) is 1. The van der Waals surface area contributed by atoms with Crippen LogP contribution in [0.15, 0.2) is 30.3 Å². The van der Waals surface area contributed by atoms with Crippen LogP contribution in [0.5, 0.6) is 17.2 Å². The van der Waals surface area contributed by atoms with E-state index in [2.05, 4.69) is 5.32 Å². The molecule has 1 N–H and O–H groups in total. The van der Waals surface area contributed by atoms with Gasteiger partial charge in [-0.05, 0) is 42.8 Å². The minimum Gasteiger partial charge on any atom is -0.493 e. The number of amides is 3. The van der Waals surface area contributed by atoms with Gasteiger partial charge in [0, 0.05) is 12.6 Å². The Hall–Kier alpha value is -3.55. The first-order valence-corrected chi connectivity index (χ1v) is 8.89. The number of benzene rings is 2. The van der Waals surface area contributed by atoms with Crippen LogP contribution in [0.25, 0.3) is 0 Å². The van der Waals surface area contributed by atoms with Crippen LogP contribution in [0.4, 0.5) is 0 Å². The molecule has 0 saturated heterocycles. The van der Waals surface area contributed by atoms with Crippen molar-refractivity contribution in [3.05, 3.63) is 52.6 Å². The fourth-order valence-corrected chi connectivity index (χ4v) is 3.22. The van der Waals surface area contributed by atoms with E-state index in [4.69, 9.17) is 14.2 Å². The summed E-state index contributed by atoms with van der Waals surface area (Å²) in [5.74, 6) is 0.257. The number of nitrogens with zero attached hydrogens (tertiary/aromatic N) is 1. The maximum absolute atomic E-state index is 12.7. The third-order valence-electron chi connectivity index (χ3n) is 4.89. The number of methoxy groups -OCH3 is 3. The minimum absolute atomic E-state index is 0.227. The lowest BCUT2D eigenvalue weighted by Gasteiger charge is -2.19. The second-order valence-corrected chi connectivity index (χ2v) is 6.58. The van der Waals surface area contributed by atoms with Gasteiger partial charge in [-0.1, -0.05) is 0 Å². The average molecular weight is 398 g/mol. The van der Waals surface area contributed by atoms with Crippen LogP contribution in [-0.4, -0.2) is 51.0 Å². The van der Waals surface area contributed by atoms with Crippen LogP contribution in [0, 0.1) is 0 Å². The second kappa shape index (κ2) is 7.83. The van der Waals surface area contributed by atoms with Gasteiger partial charge in [0.25, 0.3) is 17.7 Å². The Morgan fingerprint density at radius 1 is 0.931 bits per heavy atom. The molecule has 29 heavy (non-hydrogen) atoms. The number of fused-ring (bicyclic) bond motifs is 1. The highest BCUT2D eigenvalue weighted by molar-refractivity contribution is 6.21. The third kappa shape index (κ3) is 3.49. The Morgan fingerprint density at radius 3 is 2.07 bits per heavy atom. The summed E-state index contributed by atoms with van der Waals surface area (Å²) in [5, 5.41) is 2.88. The molecule has 1 aliphatic heterocycles. The Morgan fingerprint density at radius 2 is 1.52 bits per heavy atom. The van der Waals surface area contributed by atoms with Gasteiger partial charge in [-0.3, -0.25) is 19.3 Å². The van der Waals surface area contributed by atoms with Crippen LogP contribution in [-0.2, 0) is 0 Å². The van der Waals surface area contributed by atoms with E-state index in [1.165, 1.54) is 46.6 Å². The highest BCUT2D eigenvalue weighted by Gasteiger charge is 2.33. The molecule has 8 heteroatoms. The molecule has 0 bridgehead atoms. The van der Waals surface area contributed by atoms with Crippen molar-refractivity contribution in [2.75, 3.05) is 28.4 Å². The summed E-state index contributed by atoms with van der Waals surface area (Å²) in [6.45, 7) is 1.81. The molecule has 152 valence electrons. The summed E-state index contributed by atoms with van der Waals surface area (Å²) in [6.07, 6.45) is 0. The average Bonchev–Trinajstić information content (AvgIpc) is 2.95. The fourth-order valence-electron chi connectivity index (χ4n) is 3.22. The lowest BCUT2D eigenvalue weighted by Crippen LogP contribution is -2.27. The maximum atomic E-state index is 12.7. The maximum Gasteiger partial charge on any atom is 0.261 e. The van der Waals surface area contributed by atoms with Crippen molar-refractivity contribution in [1.82, 2.24) is 10.2 Å². The van der Waals surface area contributed by atoms with E-state index in [0.717, 1.165) is 10.5 Å². The Kier molecular flexibility index (Phi) is 5.45. The van der Waals surface area contributed by atoms with Crippen molar-refractivity contribution in [3.63, 3.8) is 0 Å². The van der Waals surface area contributed by atoms with E-state index < -0.39 is 5.91 Å². The first-order chi connectivity index (χ1) is 13.8. The number of imide groups is 1. The van der Waals surface area contributed by atoms with E-state index in [9.17, 15) is 14.4 Å². The highest BCUT2D eigenvalue weighted by Crippen LogP contribution is 2.39. The number of ether oxygens (including phenoxy) is 3. The van der Waals surface area contributed by atoms with E-state index in [0.29, 0.717) is 28.4 Å². The molecular weight excluding hydrogens is 376 g/mol. The third-order valence-corrected chi connectivity index (χ3v) is 4.89. The minimum atomic E-state index is -0.419. The van der Waals surface area contributed by atoms with Gasteiger partial charge in [-0.2, -0.15) is 0 Å². The molecule has 0 spiro atoms. The van der Waals surface area contributed by atoms with Crippen molar-refractivity contribution >= 4 is 17.7 Å². The summed E-state index contributed by atoms with van der Waals surface area (Å²) in [6, 6.07) is 7.59. The predicted molar refractivity (Wildman–Crippen MR) is 105 cm³/mol. The van der Waals surface area contributed by atoms with Crippen LogP contribution >= 0.6 is 0 Å². The largest absolute Gasteiger partial charge is 0.493 e. The number of rotatable bonds is 6. The first-order valence-electron chi connectivity index (χ1n) is 8.89. The normalized spacial score (nSPS) is 13.8. The summed E-state index contributed by atoms with van der Waals surface area (Å²) in [7, 11) is 5.97. The number of hydrogen-bond acceptors (Lipinski definition) is 6. The van der Waals surface area contributed by atoms with Gasteiger partial charge in [0.2, 0.25) is 5.75 Å². The van der Waals surface area contributed by atoms with Gasteiger partial charge in [0.05, 0.1) is 38.5 Å². The molecule has 1 aliphatic rings. The summed E-state index contributed by atoms with van der Waals surface area (Å²) in [5.41, 5.74) is 1.57. The Balaban J connectivity index is 1.85. The van der Waals surface area contributed by atoms with Crippen molar-refractivity contribution in [3.8, 4) is 17.2 Å². The van der Waals surface area contributed by atoms with Crippen molar-refractivity contribution in [2.45, 2.75) is 13.0 Å². The first kappa shape index (κ1) is 20.2. The smallest absolute Gasteiger partial charge is 0.261 e. The van der Waals surface area contributed by atoms with Crippen LogP contribution in [0.2, 0.25) is 0 Å². The molecular formula is C21H22N2O6. The molecule has 2 aromatic carbocycles. The topological polar surface area (TPSA) is 94.2 Å². The molecule has 0 aromatic heterocycles. The summed E-state index contributed by atoms with van der Waals surface area (Å²) >= 11 is 0. The number of carbonyl (C=O) groups is 3. The SMILES string of the molecule is COc1cc(C(C)NC(=O)c2ccc3c(c2)C(=O)N(C)C3=O)cc(OC)c1OC. The van der Waals surface area contributed by atoms with E-state index in [1.807, 2.05) is 6.92 Å². The molecule has 1 unspecified atom stereocenters. The number of carbonyl (C=O) groups excluding carboxylic acids is 3. The Labute approximate surface area is 168 Å². The van der Waals surface area contributed by atoms with Gasteiger partial charge in [-0.15, -0.1) is 0 Å². The molecule has 8 nitrogen and oxygen atoms in total. The molecule has 0 radical (unpaired) electrons. The van der Waals surface area contributed by atoms with E-state index in [-0.39, 0.29) is 23.4 Å². The van der Waals surface area contributed by atoms with Crippen molar-refractivity contribution < 1.29 is 28.6 Å². The lowest BCUT2D eigenvalue weighted by molar-refractivity contribution is 0.0693. The van der Waals surface area contributed by atoms with E-state index in [1.54, 1.807) is 12.1 Å². The molecule has 0 fully saturated rings. The van der Waals surface area contributed by atoms with Crippen molar-refractivity contribution in [1.29, 1.82) is 0 Å². The summed E-state index contributed by atoms with van der Waals surface area (Å²) < 4.78 is 16.0.